The highest BCUT2D eigenvalue weighted by Crippen LogP contribution is 2.58. The van der Waals surface area contributed by atoms with Crippen LogP contribution in [0.5, 0.6) is 0 Å². The van der Waals surface area contributed by atoms with E-state index in [1.165, 1.54) is 39.1 Å². The van der Waals surface area contributed by atoms with E-state index in [-0.39, 0.29) is 0 Å². The molecule has 0 radical (unpaired) electrons. The lowest BCUT2D eigenvalue weighted by Gasteiger charge is -2.16. The molecule has 0 N–H and O–H groups in total. The Labute approximate surface area is 142 Å². The van der Waals surface area contributed by atoms with Gasteiger partial charge < -0.3 is 0 Å². The maximum Gasteiger partial charge on any atom is 0.213 e. The second-order valence-corrected chi connectivity index (χ2v) is 6.81. The van der Waals surface area contributed by atoms with Gasteiger partial charge >= 0.3 is 0 Å². The van der Waals surface area contributed by atoms with Crippen LogP contribution in [0.1, 0.15) is 30.0 Å². The quantitative estimate of drug-likeness (QED) is 0.459. The largest absolute Gasteiger partial charge is 0.213 e. The second-order valence-electron chi connectivity index (χ2n) is 6.81. The molecule has 0 spiro atoms. The zero-order valence-electron chi connectivity index (χ0n) is 13.9. The van der Waals surface area contributed by atoms with E-state index < -0.39 is 0 Å². The molecule has 1 aliphatic carbocycles. The summed E-state index contributed by atoms with van der Waals surface area (Å²) in [5.74, 6) is 0.495. The SMILES string of the molecule is C=C1C2c3ccccc3-c3cc(CC)c(-c4ccccc4)c[n+]3C12. The minimum Gasteiger partial charge on any atom is -0.190 e. The summed E-state index contributed by atoms with van der Waals surface area (Å²) in [4.78, 5) is 0. The van der Waals surface area contributed by atoms with Gasteiger partial charge in [0.1, 0.15) is 0 Å². The fraction of sp³-hybridized carbons (Fsp3) is 0.174. The normalized spacial score (nSPS) is 20.1. The van der Waals surface area contributed by atoms with E-state index in [4.69, 9.17) is 0 Å². The summed E-state index contributed by atoms with van der Waals surface area (Å²) in [6.07, 6.45) is 3.39. The van der Waals surface area contributed by atoms with Crippen molar-refractivity contribution in [2.45, 2.75) is 25.3 Å². The molecule has 1 fully saturated rings. The van der Waals surface area contributed by atoms with E-state index in [0.29, 0.717) is 12.0 Å². The van der Waals surface area contributed by atoms with Crippen molar-refractivity contribution in [3.05, 3.63) is 90.1 Å². The molecule has 0 saturated heterocycles. The van der Waals surface area contributed by atoms with Crippen LogP contribution in [-0.2, 0) is 6.42 Å². The third-order valence-corrected chi connectivity index (χ3v) is 5.53. The van der Waals surface area contributed by atoms with E-state index in [1.54, 1.807) is 0 Å². The van der Waals surface area contributed by atoms with Crippen LogP contribution in [0.25, 0.3) is 22.4 Å². The molecule has 1 saturated carbocycles. The van der Waals surface area contributed by atoms with Crippen molar-refractivity contribution < 1.29 is 4.57 Å². The van der Waals surface area contributed by atoms with Crippen molar-refractivity contribution in [1.29, 1.82) is 0 Å². The fourth-order valence-corrected chi connectivity index (χ4v) is 4.24. The Morgan fingerprint density at radius 2 is 1.71 bits per heavy atom. The monoisotopic (exact) mass is 310 g/mol. The first-order valence-corrected chi connectivity index (χ1v) is 8.71. The summed E-state index contributed by atoms with van der Waals surface area (Å²) in [5, 5.41) is 0. The molecule has 116 valence electrons. The summed E-state index contributed by atoms with van der Waals surface area (Å²) < 4.78 is 2.46. The van der Waals surface area contributed by atoms with Gasteiger partial charge in [-0.25, -0.2) is 0 Å². The van der Waals surface area contributed by atoms with Crippen LogP contribution in [0.2, 0.25) is 0 Å². The van der Waals surface area contributed by atoms with Crippen molar-refractivity contribution in [1.82, 2.24) is 0 Å². The zero-order valence-corrected chi connectivity index (χ0v) is 13.9. The molecule has 1 aromatic heterocycles. The first kappa shape index (κ1) is 13.7. The lowest BCUT2D eigenvalue weighted by Crippen LogP contribution is -2.38. The van der Waals surface area contributed by atoms with Crippen LogP contribution in [0, 0.1) is 0 Å². The lowest BCUT2D eigenvalue weighted by atomic mass is 9.92. The minimum atomic E-state index is 0.434. The van der Waals surface area contributed by atoms with Gasteiger partial charge in [-0.3, -0.25) is 0 Å². The predicted octanol–water partition coefficient (Wildman–Crippen LogP) is 5.08. The number of aromatic nitrogens is 1. The number of hydrogen-bond acceptors (Lipinski definition) is 0. The molecule has 2 heterocycles. The van der Waals surface area contributed by atoms with Crippen LogP contribution in [0.15, 0.2) is 79.0 Å². The molecular formula is C23H20N+. The number of pyridine rings is 1. The van der Waals surface area contributed by atoms with Gasteiger partial charge in [-0.1, -0.05) is 62.0 Å². The summed E-state index contributed by atoms with van der Waals surface area (Å²) in [6.45, 7) is 6.58. The molecule has 1 heteroatoms. The first-order chi connectivity index (χ1) is 11.8. The van der Waals surface area contributed by atoms with Gasteiger partial charge in [0.15, 0.2) is 12.2 Å². The maximum atomic E-state index is 4.33. The number of benzene rings is 2. The third-order valence-electron chi connectivity index (χ3n) is 5.53. The Morgan fingerprint density at radius 1 is 0.958 bits per heavy atom. The molecule has 2 atom stereocenters. The van der Waals surface area contributed by atoms with Gasteiger partial charge in [0.25, 0.3) is 0 Å². The van der Waals surface area contributed by atoms with Gasteiger partial charge in [0.05, 0.1) is 11.5 Å². The van der Waals surface area contributed by atoms with Gasteiger partial charge in [-0.15, -0.1) is 0 Å². The van der Waals surface area contributed by atoms with Crippen LogP contribution in [0.3, 0.4) is 0 Å². The first-order valence-electron chi connectivity index (χ1n) is 8.71. The Hall–Kier alpha value is -2.67. The lowest BCUT2D eigenvalue weighted by molar-refractivity contribution is -0.688. The second kappa shape index (κ2) is 4.91. The predicted molar refractivity (Wildman–Crippen MR) is 97.8 cm³/mol. The van der Waals surface area contributed by atoms with Crippen molar-refractivity contribution in [2.75, 3.05) is 0 Å². The number of rotatable bonds is 2. The Balaban J connectivity index is 1.79. The Kier molecular flexibility index (Phi) is 2.81. The Bertz CT molecular complexity index is 969. The standard InChI is InChI=1S/C23H20N/c1-3-16-13-21-18-11-7-8-12-19(18)22-15(2)23(22)24(21)14-20(16)17-9-5-4-6-10-17/h4-14,22-23H,2-3H2,1H3/q+1. The molecule has 1 nitrogen and oxygen atoms in total. The highest BCUT2D eigenvalue weighted by Gasteiger charge is 2.57. The van der Waals surface area contributed by atoms with Crippen molar-refractivity contribution in [3.8, 4) is 22.4 Å². The third kappa shape index (κ3) is 1.78. The van der Waals surface area contributed by atoms with Crippen molar-refractivity contribution >= 4 is 0 Å². The molecule has 3 aromatic rings. The highest BCUT2D eigenvalue weighted by atomic mass is 15.1. The number of nitrogens with zero attached hydrogens (tertiary/aromatic N) is 1. The van der Waals surface area contributed by atoms with Crippen LogP contribution >= 0.6 is 0 Å². The van der Waals surface area contributed by atoms with Gasteiger partial charge in [-0.2, -0.15) is 4.57 Å². The summed E-state index contributed by atoms with van der Waals surface area (Å²) in [6, 6.07) is 22.4. The molecule has 2 unspecified atom stereocenters. The summed E-state index contributed by atoms with van der Waals surface area (Å²) in [5.41, 5.74) is 9.54. The molecule has 24 heavy (non-hydrogen) atoms. The van der Waals surface area contributed by atoms with Crippen LogP contribution in [0.4, 0.5) is 0 Å². The Morgan fingerprint density at radius 3 is 2.50 bits per heavy atom. The molecule has 2 aromatic carbocycles. The summed E-state index contributed by atoms with van der Waals surface area (Å²) >= 11 is 0. The summed E-state index contributed by atoms with van der Waals surface area (Å²) in [7, 11) is 0. The topological polar surface area (TPSA) is 3.88 Å². The molecule has 1 aliphatic heterocycles. The fourth-order valence-electron chi connectivity index (χ4n) is 4.24. The van der Waals surface area contributed by atoms with Gasteiger partial charge in [0.2, 0.25) is 5.69 Å². The minimum absolute atomic E-state index is 0.434. The smallest absolute Gasteiger partial charge is 0.190 e. The molecule has 2 aliphatic rings. The van der Waals surface area contributed by atoms with Crippen molar-refractivity contribution in [3.63, 3.8) is 0 Å². The van der Waals surface area contributed by atoms with Gasteiger partial charge in [0, 0.05) is 17.2 Å². The number of aryl methyl sites for hydroxylation is 1. The van der Waals surface area contributed by atoms with Crippen LogP contribution < -0.4 is 4.57 Å². The zero-order chi connectivity index (χ0) is 16.3. The molecule has 0 bridgehead atoms. The van der Waals surface area contributed by atoms with E-state index in [9.17, 15) is 0 Å². The average molecular weight is 310 g/mol. The molecule has 5 rings (SSSR count). The number of fused-ring (bicyclic) bond motifs is 6. The van der Waals surface area contributed by atoms with Crippen LogP contribution in [-0.4, -0.2) is 0 Å². The number of allylic oxidation sites excluding steroid dienone is 1. The van der Waals surface area contributed by atoms with E-state index >= 15 is 0 Å². The molecular weight excluding hydrogens is 290 g/mol. The van der Waals surface area contributed by atoms with E-state index in [2.05, 4.69) is 84.9 Å². The highest BCUT2D eigenvalue weighted by molar-refractivity contribution is 5.73. The molecule has 0 amide bonds. The van der Waals surface area contributed by atoms with E-state index in [1.807, 2.05) is 0 Å². The van der Waals surface area contributed by atoms with E-state index in [0.717, 1.165) is 6.42 Å². The average Bonchev–Trinajstić information content (AvgIpc) is 3.33. The van der Waals surface area contributed by atoms with Crippen molar-refractivity contribution in [2.24, 2.45) is 0 Å². The van der Waals surface area contributed by atoms with Gasteiger partial charge in [-0.05, 0) is 29.2 Å². The maximum absolute atomic E-state index is 4.33. The number of hydrogen-bond donors (Lipinski definition) is 0.